The van der Waals surface area contributed by atoms with E-state index in [4.69, 9.17) is 9.47 Å². The molecule has 0 aliphatic carbocycles. The van der Waals surface area contributed by atoms with Gasteiger partial charge in [-0.05, 0) is 38.4 Å². The van der Waals surface area contributed by atoms with Crippen molar-refractivity contribution in [2.75, 3.05) is 27.4 Å². The van der Waals surface area contributed by atoms with E-state index in [1.54, 1.807) is 13.3 Å². The highest BCUT2D eigenvalue weighted by Gasteiger charge is 2.10. The molecule has 0 fully saturated rings. The van der Waals surface area contributed by atoms with Gasteiger partial charge in [0.05, 0.1) is 13.3 Å². The second kappa shape index (κ2) is 8.03. The topological polar surface area (TPSA) is 43.4 Å². The van der Waals surface area contributed by atoms with Gasteiger partial charge in [0.2, 0.25) is 0 Å². The second-order valence-electron chi connectivity index (χ2n) is 3.84. The number of nitrogens with one attached hydrogen (secondary N) is 1. The van der Waals surface area contributed by atoms with Gasteiger partial charge in [0.25, 0.3) is 0 Å². The molecule has 1 N–H and O–H groups in total. The lowest BCUT2D eigenvalue weighted by atomic mass is 10.0. The predicted octanol–water partition coefficient (Wildman–Crippen LogP) is 2.17. The van der Waals surface area contributed by atoms with Gasteiger partial charge in [0, 0.05) is 25.5 Å². The van der Waals surface area contributed by atoms with Gasteiger partial charge in [0.15, 0.2) is 0 Å². The molecule has 0 saturated carbocycles. The van der Waals surface area contributed by atoms with Gasteiger partial charge in [-0.15, -0.1) is 0 Å². The maximum atomic E-state index is 5.34. The van der Waals surface area contributed by atoms with Crippen molar-refractivity contribution in [3.05, 3.63) is 24.0 Å². The monoisotopic (exact) mass is 238 g/mol. The molecule has 1 rings (SSSR count). The van der Waals surface area contributed by atoms with E-state index >= 15 is 0 Å². The van der Waals surface area contributed by atoms with Crippen molar-refractivity contribution >= 4 is 0 Å². The Kier molecular flexibility index (Phi) is 6.58. The first-order valence-corrected chi connectivity index (χ1v) is 6.05. The molecule has 0 aromatic carbocycles. The van der Waals surface area contributed by atoms with Gasteiger partial charge in [-0.25, -0.2) is 0 Å². The van der Waals surface area contributed by atoms with E-state index in [9.17, 15) is 0 Å². The van der Waals surface area contributed by atoms with Crippen molar-refractivity contribution < 1.29 is 9.47 Å². The molecular formula is C13H22N2O2. The smallest absolute Gasteiger partial charge is 0.137 e. The lowest BCUT2D eigenvalue weighted by Gasteiger charge is -2.16. The van der Waals surface area contributed by atoms with Crippen LogP contribution in [0.15, 0.2) is 18.5 Å². The van der Waals surface area contributed by atoms with Gasteiger partial charge in [-0.2, -0.15) is 0 Å². The largest absolute Gasteiger partial charge is 0.495 e. The van der Waals surface area contributed by atoms with Crippen LogP contribution in [0.4, 0.5) is 0 Å². The van der Waals surface area contributed by atoms with Crippen molar-refractivity contribution in [2.24, 2.45) is 0 Å². The molecule has 4 heteroatoms. The summed E-state index contributed by atoms with van der Waals surface area (Å²) in [4.78, 5) is 4.17. The molecular weight excluding hydrogens is 216 g/mol. The molecule has 96 valence electrons. The van der Waals surface area contributed by atoms with E-state index in [1.807, 2.05) is 26.2 Å². The van der Waals surface area contributed by atoms with Crippen LogP contribution >= 0.6 is 0 Å². The Hall–Kier alpha value is -1.13. The third-order valence-electron chi connectivity index (χ3n) is 2.71. The van der Waals surface area contributed by atoms with Gasteiger partial charge in [-0.3, -0.25) is 4.98 Å². The lowest BCUT2D eigenvalue weighted by molar-refractivity contribution is 0.141. The van der Waals surface area contributed by atoms with Gasteiger partial charge in [-0.1, -0.05) is 0 Å². The summed E-state index contributed by atoms with van der Waals surface area (Å²) < 4.78 is 10.5. The van der Waals surface area contributed by atoms with Crippen LogP contribution < -0.4 is 10.1 Å². The highest BCUT2D eigenvalue weighted by Crippen LogP contribution is 2.21. The fourth-order valence-corrected chi connectivity index (χ4v) is 1.75. The highest BCUT2D eigenvalue weighted by atomic mass is 16.5. The summed E-state index contributed by atoms with van der Waals surface area (Å²) in [7, 11) is 3.62. The SMILES string of the molecule is CCOCCCC(NC)c1cncc(OC)c1. The zero-order chi connectivity index (χ0) is 12.5. The number of aromatic nitrogens is 1. The first kappa shape index (κ1) is 13.9. The van der Waals surface area contributed by atoms with E-state index in [0.29, 0.717) is 6.04 Å². The van der Waals surface area contributed by atoms with Crippen molar-refractivity contribution in [3.63, 3.8) is 0 Å². The number of nitrogens with zero attached hydrogens (tertiary/aromatic N) is 1. The summed E-state index contributed by atoms with van der Waals surface area (Å²) in [6, 6.07) is 2.33. The Morgan fingerprint density at radius 1 is 1.41 bits per heavy atom. The van der Waals surface area contributed by atoms with Gasteiger partial charge >= 0.3 is 0 Å². The number of rotatable bonds is 8. The summed E-state index contributed by atoms with van der Waals surface area (Å²) >= 11 is 0. The average molecular weight is 238 g/mol. The maximum absolute atomic E-state index is 5.34. The first-order chi connectivity index (χ1) is 8.31. The molecule has 17 heavy (non-hydrogen) atoms. The minimum absolute atomic E-state index is 0.304. The number of pyridine rings is 1. The molecule has 0 saturated heterocycles. The van der Waals surface area contributed by atoms with Crippen LogP contribution in [-0.4, -0.2) is 32.4 Å². The first-order valence-electron chi connectivity index (χ1n) is 6.05. The minimum Gasteiger partial charge on any atom is -0.495 e. The van der Waals surface area contributed by atoms with E-state index in [-0.39, 0.29) is 0 Å². The summed E-state index contributed by atoms with van der Waals surface area (Å²) in [6.07, 6.45) is 5.67. The maximum Gasteiger partial charge on any atom is 0.137 e. The zero-order valence-corrected chi connectivity index (χ0v) is 10.9. The van der Waals surface area contributed by atoms with Crippen LogP contribution in [0.1, 0.15) is 31.4 Å². The molecule has 0 aliphatic rings. The highest BCUT2D eigenvalue weighted by molar-refractivity contribution is 5.25. The summed E-state index contributed by atoms with van der Waals surface area (Å²) in [5.41, 5.74) is 1.16. The molecule has 0 aliphatic heterocycles. The van der Waals surface area contributed by atoms with Crippen molar-refractivity contribution in [3.8, 4) is 5.75 Å². The van der Waals surface area contributed by atoms with Gasteiger partial charge < -0.3 is 14.8 Å². The molecule has 0 spiro atoms. The standard InChI is InChI=1S/C13H22N2O2/c1-4-17-7-5-6-13(14-2)11-8-12(16-3)10-15-9-11/h8-10,13-14H,4-7H2,1-3H3. The molecule has 4 nitrogen and oxygen atoms in total. The third-order valence-corrected chi connectivity index (χ3v) is 2.71. The average Bonchev–Trinajstić information content (AvgIpc) is 2.39. The van der Waals surface area contributed by atoms with Crippen molar-refractivity contribution in [1.29, 1.82) is 0 Å². The number of hydrogen-bond donors (Lipinski definition) is 1. The van der Waals surface area contributed by atoms with Crippen LogP contribution in [-0.2, 0) is 4.74 Å². The zero-order valence-electron chi connectivity index (χ0n) is 10.9. The lowest BCUT2D eigenvalue weighted by Crippen LogP contribution is -2.17. The summed E-state index contributed by atoms with van der Waals surface area (Å²) in [6.45, 7) is 3.61. The molecule has 1 heterocycles. The molecule has 1 atom stereocenters. The molecule has 1 aromatic rings. The van der Waals surface area contributed by atoms with E-state index in [1.165, 1.54) is 0 Å². The van der Waals surface area contributed by atoms with E-state index < -0.39 is 0 Å². The normalized spacial score (nSPS) is 12.4. The Labute approximate surface area is 103 Å². The Morgan fingerprint density at radius 3 is 2.88 bits per heavy atom. The number of hydrogen-bond acceptors (Lipinski definition) is 4. The Balaban J connectivity index is 2.53. The predicted molar refractivity (Wildman–Crippen MR) is 68.3 cm³/mol. The molecule has 0 radical (unpaired) electrons. The van der Waals surface area contributed by atoms with Crippen LogP contribution in [0, 0.1) is 0 Å². The summed E-state index contributed by atoms with van der Waals surface area (Å²) in [5.74, 6) is 0.799. The third kappa shape index (κ3) is 4.71. The minimum atomic E-state index is 0.304. The van der Waals surface area contributed by atoms with Gasteiger partial charge in [0.1, 0.15) is 5.75 Å². The molecule has 0 amide bonds. The second-order valence-corrected chi connectivity index (χ2v) is 3.84. The number of methoxy groups -OCH3 is 1. The van der Waals surface area contributed by atoms with Crippen molar-refractivity contribution in [1.82, 2.24) is 10.3 Å². The quantitative estimate of drug-likeness (QED) is 0.705. The van der Waals surface area contributed by atoms with Crippen LogP contribution in [0.5, 0.6) is 5.75 Å². The molecule has 1 aromatic heterocycles. The van der Waals surface area contributed by atoms with Crippen LogP contribution in [0.3, 0.4) is 0 Å². The van der Waals surface area contributed by atoms with Crippen LogP contribution in [0.2, 0.25) is 0 Å². The number of ether oxygens (including phenoxy) is 2. The Bertz CT molecular complexity index is 318. The summed E-state index contributed by atoms with van der Waals surface area (Å²) in [5, 5.41) is 3.30. The van der Waals surface area contributed by atoms with E-state index in [0.717, 1.165) is 37.4 Å². The Morgan fingerprint density at radius 2 is 2.24 bits per heavy atom. The fraction of sp³-hybridized carbons (Fsp3) is 0.615. The van der Waals surface area contributed by atoms with Crippen molar-refractivity contribution in [2.45, 2.75) is 25.8 Å². The fourth-order valence-electron chi connectivity index (χ4n) is 1.75. The molecule has 1 unspecified atom stereocenters. The molecule has 0 bridgehead atoms. The van der Waals surface area contributed by atoms with E-state index in [2.05, 4.69) is 10.3 Å². The van der Waals surface area contributed by atoms with Crippen LogP contribution in [0.25, 0.3) is 0 Å².